The van der Waals surface area contributed by atoms with Crippen molar-refractivity contribution in [1.29, 1.82) is 0 Å². The number of anilines is 2. The van der Waals surface area contributed by atoms with Crippen LogP contribution in [-0.4, -0.2) is 22.2 Å². The van der Waals surface area contributed by atoms with Crippen molar-refractivity contribution >= 4 is 17.4 Å². The Kier molecular flexibility index (Phi) is 4.37. The van der Waals surface area contributed by atoms with Gasteiger partial charge in [0.25, 0.3) is 0 Å². The number of nitrogen functional groups attached to an aromatic ring is 1. The number of carbonyl (C=O) groups excluding carboxylic acids is 1. The van der Waals surface area contributed by atoms with E-state index in [9.17, 15) is 4.79 Å². The zero-order chi connectivity index (χ0) is 13.0. The lowest BCUT2D eigenvalue weighted by atomic mass is 10.1. The van der Waals surface area contributed by atoms with E-state index < -0.39 is 0 Å². The van der Waals surface area contributed by atoms with Gasteiger partial charge in [0.1, 0.15) is 5.82 Å². The van der Waals surface area contributed by atoms with Crippen LogP contribution >= 0.6 is 0 Å². The highest BCUT2D eigenvalue weighted by atomic mass is 16.1. The molecule has 0 bridgehead atoms. The molecule has 0 aliphatic carbocycles. The Morgan fingerprint density at radius 3 is 2.65 bits per heavy atom. The lowest BCUT2D eigenvalue weighted by Crippen LogP contribution is -2.14. The van der Waals surface area contributed by atoms with Crippen LogP contribution in [0.2, 0.25) is 0 Å². The zero-order valence-corrected chi connectivity index (χ0v) is 10.7. The van der Waals surface area contributed by atoms with Crippen LogP contribution in [-0.2, 0) is 11.8 Å². The SMILES string of the molecule is CC(C)c1nn(C)c(NCCCC(N)=O)c1N. The number of carbonyl (C=O) groups is 1. The first-order chi connectivity index (χ1) is 7.93. The standard InChI is InChI=1S/C11H21N5O/c1-7(2)10-9(13)11(16(3)15-10)14-6-4-5-8(12)17/h7,14H,4-6,13H2,1-3H3,(H2,12,17). The highest BCUT2D eigenvalue weighted by Gasteiger charge is 2.15. The van der Waals surface area contributed by atoms with Gasteiger partial charge in [-0.2, -0.15) is 5.10 Å². The molecule has 1 heterocycles. The average molecular weight is 239 g/mol. The third-order valence-corrected chi connectivity index (χ3v) is 2.55. The van der Waals surface area contributed by atoms with Crippen molar-refractivity contribution in [3.05, 3.63) is 5.69 Å². The monoisotopic (exact) mass is 239 g/mol. The quantitative estimate of drug-likeness (QED) is 0.639. The minimum atomic E-state index is -0.285. The fourth-order valence-corrected chi connectivity index (χ4v) is 1.67. The molecule has 17 heavy (non-hydrogen) atoms. The number of nitrogens with two attached hydrogens (primary N) is 2. The summed E-state index contributed by atoms with van der Waals surface area (Å²) in [4.78, 5) is 10.6. The summed E-state index contributed by atoms with van der Waals surface area (Å²) in [6, 6.07) is 0. The second kappa shape index (κ2) is 5.56. The largest absolute Gasteiger partial charge is 0.394 e. The van der Waals surface area contributed by atoms with E-state index in [1.165, 1.54) is 0 Å². The molecule has 0 aliphatic heterocycles. The van der Waals surface area contributed by atoms with Gasteiger partial charge in [0, 0.05) is 20.0 Å². The summed E-state index contributed by atoms with van der Waals surface area (Å²) in [7, 11) is 1.85. The third kappa shape index (κ3) is 3.37. The highest BCUT2D eigenvalue weighted by molar-refractivity contribution is 5.73. The molecule has 6 nitrogen and oxygen atoms in total. The number of aryl methyl sites for hydroxylation is 1. The van der Waals surface area contributed by atoms with Crippen molar-refractivity contribution in [2.45, 2.75) is 32.6 Å². The molecule has 0 saturated carbocycles. The number of nitrogens with one attached hydrogen (secondary N) is 1. The van der Waals surface area contributed by atoms with Gasteiger partial charge in [-0.25, -0.2) is 0 Å². The van der Waals surface area contributed by atoms with Gasteiger partial charge in [-0.3, -0.25) is 9.48 Å². The van der Waals surface area contributed by atoms with Crippen LogP contribution in [0.25, 0.3) is 0 Å². The van der Waals surface area contributed by atoms with Crippen molar-refractivity contribution in [2.75, 3.05) is 17.6 Å². The maximum atomic E-state index is 10.6. The molecule has 0 unspecified atom stereocenters. The molecule has 0 aromatic carbocycles. The van der Waals surface area contributed by atoms with Gasteiger partial charge in [-0.05, 0) is 12.3 Å². The molecule has 0 aliphatic rings. The number of hydrogen-bond acceptors (Lipinski definition) is 4. The number of hydrogen-bond donors (Lipinski definition) is 3. The van der Waals surface area contributed by atoms with Gasteiger partial charge in [0.15, 0.2) is 0 Å². The molecule has 0 atom stereocenters. The van der Waals surface area contributed by atoms with E-state index in [4.69, 9.17) is 11.5 Å². The molecular weight excluding hydrogens is 218 g/mol. The van der Waals surface area contributed by atoms with Crippen molar-refractivity contribution in [3.63, 3.8) is 0 Å². The normalized spacial score (nSPS) is 10.8. The van der Waals surface area contributed by atoms with Gasteiger partial charge in [0.2, 0.25) is 5.91 Å². The fourth-order valence-electron chi connectivity index (χ4n) is 1.67. The van der Waals surface area contributed by atoms with Crippen LogP contribution in [0.1, 0.15) is 38.3 Å². The molecule has 0 radical (unpaired) electrons. The van der Waals surface area contributed by atoms with Crippen LogP contribution in [0.5, 0.6) is 0 Å². The third-order valence-electron chi connectivity index (χ3n) is 2.55. The molecular formula is C11H21N5O. The Hall–Kier alpha value is -1.72. The number of nitrogens with zero attached hydrogens (tertiary/aromatic N) is 2. The maximum Gasteiger partial charge on any atom is 0.217 e. The van der Waals surface area contributed by atoms with E-state index in [0.29, 0.717) is 31.0 Å². The fraction of sp³-hybridized carbons (Fsp3) is 0.636. The molecule has 0 saturated heterocycles. The molecule has 96 valence electrons. The first kappa shape index (κ1) is 13.3. The van der Waals surface area contributed by atoms with Crippen LogP contribution in [0.3, 0.4) is 0 Å². The van der Waals surface area contributed by atoms with Crippen LogP contribution in [0.4, 0.5) is 11.5 Å². The van der Waals surface area contributed by atoms with E-state index in [1.54, 1.807) is 4.68 Å². The van der Waals surface area contributed by atoms with E-state index in [2.05, 4.69) is 24.3 Å². The van der Waals surface area contributed by atoms with Gasteiger partial charge >= 0.3 is 0 Å². The number of amides is 1. The average Bonchev–Trinajstić information content (AvgIpc) is 2.50. The summed E-state index contributed by atoms with van der Waals surface area (Å²) >= 11 is 0. The molecule has 1 aromatic heterocycles. The van der Waals surface area contributed by atoms with Crippen molar-refractivity contribution in [3.8, 4) is 0 Å². The second-order valence-corrected chi connectivity index (χ2v) is 4.42. The summed E-state index contributed by atoms with van der Waals surface area (Å²) in [6.45, 7) is 4.76. The Bertz CT molecular complexity index is 397. The summed E-state index contributed by atoms with van der Waals surface area (Å²) in [5, 5.41) is 7.54. The zero-order valence-electron chi connectivity index (χ0n) is 10.7. The molecule has 0 fully saturated rings. The van der Waals surface area contributed by atoms with Crippen molar-refractivity contribution in [2.24, 2.45) is 12.8 Å². The second-order valence-electron chi connectivity index (χ2n) is 4.42. The van der Waals surface area contributed by atoms with Gasteiger partial charge in [-0.1, -0.05) is 13.8 Å². The van der Waals surface area contributed by atoms with Gasteiger partial charge in [0.05, 0.1) is 11.4 Å². The predicted molar refractivity (Wildman–Crippen MR) is 68.6 cm³/mol. The van der Waals surface area contributed by atoms with Gasteiger partial charge < -0.3 is 16.8 Å². The summed E-state index contributed by atoms with van der Waals surface area (Å²) in [5.74, 6) is 0.813. The molecule has 1 aromatic rings. The van der Waals surface area contributed by atoms with Gasteiger partial charge in [-0.15, -0.1) is 0 Å². The smallest absolute Gasteiger partial charge is 0.217 e. The van der Waals surface area contributed by atoms with E-state index in [1.807, 2.05) is 7.05 Å². The van der Waals surface area contributed by atoms with E-state index >= 15 is 0 Å². The molecule has 0 spiro atoms. The van der Waals surface area contributed by atoms with E-state index in [-0.39, 0.29) is 5.91 Å². The van der Waals surface area contributed by atoms with Crippen LogP contribution in [0, 0.1) is 0 Å². The summed E-state index contributed by atoms with van der Waals surface area (Å²) in [5.41, 5.74) is 12.7. The lowest BCUT2D eigenvalue weighted by molar-refractivity contribution is -0.118. The highest BCUT2D eigenvalue weighted by Crippen LogP contribution is 2.27. The van der Waals surface area contributed by atoms with E-state index in [0.717, 1.165) is 11.5 Å². The Balaban J connectivity index is 2.62. The first-order valence-electron chi connectivity index (χ1n) is 5.78. The topological polar surface area (TPSA) is 99.0 Å². The summed E-state index contributed by atoms with van der Waals surface area (Å²) in [6.07, 6.45) is 1.07. The van der Waals surface area contributed by atoms with Crippen molar-refractivity contribution < 1.29 is 4.79 Å². The Morgan fingerprint density at radius 2 is 2.18 bits per heavy atom. The minimum Gasteiger partial charge on any atom is -0.394 e. The molecule has 6 heteroatoms. The summed E-state index contributed by atoms with van der Waals surface area (Å²) < 4.78 is 1.73. The van der Waals surface area contributed by atoms with Crippen molar-refractivity contribution in [1.82, 2.24) is 9.78 Å². The molecule has 1 rings (SSSR count). The van der Waals surface area contributed by atoms with Crippen LogP contribution < -0.4 is 16.8 Å². The predicted octanol–water partition coefficient (Wildman–Crippen LogP) is 0.803. The minimum absolute atomic E-state index is 0.285. The number of aromatic nitrogens is 2. The Morgan fingerprint density at radius 1 is 1.53 bits per heavy atom. The number of primary amides is 1. The lowest BCUT2D eigenvalue weighted by Gasteiger charge is -2.07. The maximum absolute atomic E-state index is 10.6. The molecule has 1 amide bonds. The molecule has 5 N–H and O–H groups in total. The Labute approximate surface area is 101 Å². The number of rotatable bonds is 6. The first-order valence-corrected chi connectivity index (χ1v) is 5.78. The van der Waals surface area contributed by atoms with Crippen LogP contribution in [0.15, 0.2) is 0 Å².